The number of hydrogen-bond donors (Lipinski definition) is 1. The summed E-state index contributed by atoms with van der Waals surface area (Å²) in [6.07, 6.45) is 2.91. The fraction of sp³-hybridized carbons (Fsp3) is 0.727. The molecule has 0 heterocycles. The third kappa shape index (κ3) is 4.11. The monoisotopic (exact) mass is 183 g/mol. The number of carbonyl (C=O) groups excluding carboxylic acids is 1. The van der Waals surface area contributed by atoms with Gasteiger partial charge in [0.1, 0.15) is 0 Å². The molecule has 0 aliphatic heterocycles. The molecule has 2 nitrogen and oxygen atoms in total. The lowest BCUT2D eigenvalue weighted by atomic mass is 9.88. The number of Topliss-reactive ketones (excluding diaryl/α,β-unsaturated/α-hetero) is 1. The van der Waals surface area contributed by atoms with Crippen LogP contribution in [0, 0.1) is 11.8 Å². The Labute approximate surface area is 81.2 Å². The fourth-order valence-electron chi connectivity index (χ4n) is 1.37. The summed E-state index contributed by atoms with van der Waals surface area (Å²) in [5.41, 5.74) is 5.59. The first-order valence-electron chi connectivity index (χ1n) is 5.01. The first kappa shape index (κ1) is 12.2. The molecule has 0 rings (SSSR count). The van der Waals surface area contributed by atoms with E-state index in [1.54, 1.807) is 0 Å². The third-order valence-corrected chi connectivity index (χ3v) is 2.56. The molecule has 2 N–H and O–H groups in total. The van der Waals surface area contributed by atoms with E-state index < -0.39 is 0 Å². The van der Waals surface area contributed by atoms with Crippen LogP contribution in [-0.2, 0) is 4.79 Å². The maximum Gasteiger partial charge on any atom is 0.180 e. The molecule has 0 saturated heterocycles. The molecule has 0 bridgehead atoms. The Hall–Kier alpha value is -0.790. The van der Waals surface area contributed by atoms with Crippen molar-refractivity contribution in [2.24, 2.45) is 17.6 Å². The van der Waals surface area contributed by atoms with Gasteiger partial charge in [-0.2, -0.15) is 0 Å². The van der Waals surface area contributed by atoms with Gasteiger partial charge in [-0.25, -0.2) is 0 Å². The van der Waals surface area contributed by atoms with Crippen molar-refractivity contribution < 1.29 is 4.79 Å². The first-order chi connectivity index (χ1) is 6.02. The Morgan fingerprint density at radius 3 is 2.23 bits per heavy atom. The number of hydrogen-bond acceptors (Lipinski definition) is 2. The van der Waals surface area contributed by atoms with Gasteiger partial charge >= 0.3 is 0 Å². The highest BCUT2D eigenvalue weighted by molar-refractivity contribution is 5.95. The molecule has 2 unspecified atom stereocenters. The van der Waals surface area contributed by atoms with Crippen molar-refractivity contribution in [2.45, 2.75) is 40.0 Å². The van der Waals surface area contributed by atoms with Crippen LogP contribution in [0.4, 0.5) is 0 Å². The van der Waals surface area contributed by atoms with E-state index in [9.17, 15) is 4.79 Å². The second-order valence-corrected chi connectivity index (χ2v) is 3.74. The van der Waals surface area contributed by atoms with Crippen LogP contribution >= 0.6 is 0 Å². The first-order valence-corrected chi connectivity index (χ1v) is 5.01. The predicted octanol–water partition coefficient (Wildman–Crippen LogP) is 2.49. The second-order valence-electron chi connectivity index (χ2n) is 3.74. The van der Waals surface area contributed by atoms with E-state index in [0.29, 0.717) is 5.92 Å². The van der Waals surface area contributed by atoms with Crippen LogP contribution in [0.5, 0.6) is 0 Å². The molecule has 0 aromatic rings. The van der Waals surface area contributed by atoms with Crippen molar-refractivity contribution >= 4 is 5.78 Å². The minimum absolute atomic E-state index is 0.0304. The van der Waals surface area contributed by atoms with Crippen molar-refractivity contribution in [3.63, 3.8) is 0 Å². The summed E-state index contributed by atoms with van der Waals surface area (Å²) in [7, 11) is 0. The Kier molecular flexibility index (Phi) is 5.44. The SMILES string of the molecule is C=C(N)C(=O)C(CC)CC(C)CC. The molecule has 0 saturated carbocycles. The molecule has 0 amide bonds. The molecular weight excluding hydrogens is 162 g/mol. The van der Waals surface area contributed by atoms with Gasteiger partial charge in [-0.05, 0) is 18.8 Å². The molecule has 0 aliphatic carbocycles. The van der Waals surface area contributed by atoms with Gasteiger partial charge in [-0.15, -0.1) is 0 Å². The summed E-state index contributed by atoms with van der Waals surface area (Å²) in [6, 6.07) is 0. The summed E-state index contributed by atoms with van der Waals surface area (Å²) >= 11 is 0. The van der Waals surface area contributed by atoms with E-state index >= 15 is 0 Å². The normalized spacial score (nSPS) is 15.0. The van der Waals surface area contributed by atoms with E-state index in [1.165, 1.54) is 0 Å². The lowest BCUT2D eigenvalue weighted by molar-refractivity contribution is -0.119. The quantitative estimate of drug-likeness (QED) is 0.643. The van der Waals surface area contributed by atoms with Crippen LogP contribution in [0.3, 0.4) is 0 Å². The number of allylic oxidation sites excluding steroid dienone is 1. The van der Waals surface area contributed by atoms with Gasteiger partial charge in [0.25, 0.3) is 0 Å². The maximum atomic E-state index is 11.5. The van der Waals surface area contributed by atoms with Gasteiger partial charge in [0.15, 0.2) is 5.78 Å². The Balaban J connectivity index is 4.18. The zero-order valence-corrected chi connectivity index (χ0v) is 8.97. The van der Waals surface area contributed by atoms with Crippen molar-refractivity contribution in [3.05, 3.63) is 12.3 Å². The molecule has 0 aromatic heterocycles. The highest BCUT2D eigenvalue weighted by Crippen LogP contribution is 2.20. The minimum atomic E-state index is 0.0304. The van der Waals surface area contributed by atoms with E-state index in [1.807, 2.05) is 6.92 Å². The van der Waals surface area contributed by atoms with Crippen LogP contribution in [0.15, 0.2) is 12.3 Å². The van der Waals surface area contributed by atoms with E-state index in [-0.39, 0.29) is 17.4 Å². The van der Waals surface area contributed by atoms with Crippen molar-refractivity contribution in [1.82, 2.24) is 0 Å². The zero-order valence-electron chi connectivity index (χ0n) is 8.97. The molecular formula is C11H21NO. The second kappa shape index (κ2) is 5.79. The molecule has 0 radical (unpaired) electrons. The Morgan fingerprint density at radius 2 is 1.92 bits per heavy atom. The van der Waals surface area contributed by atoms with Crippen LogP contribution in [-0.4, -0.2) is 5.78 Å². The molecule has 2 heteroatoms. The van der Waals surface area contributed by atoms with Gasteiger partial charge < -0.3 is 5.73 Å². The summed E-state index contributed by atoms with van der Waals surface area (Å²) in [5, 5.41) is 0. The smallest absolute Gasteiger partial charge is 0.180 e. The van der Waals surface area contributed by atoms with E-state index in [0.717, 1.165) is 19.3 Å². The predicted molar refractivity (Wildman–Crippen MR) is 56.2 cm³/mol. The summed E-state index contributed by atoms with van der Waals surface area (Å²) in [4.78, 5) is 11.5. The number of rotatable bonds is 6. The summed E-state index contributed by atoms with van der Waals surface area (Å²) in [5.74, 6) is 0.698. The van der Waals surface area contributed by atoms with Gasteiger partial charge in [-0.3, -0.25) is 4.79 Å². The molecule has 13 heavy (non-hydrogen) atoms. The highest BCUT2D eigenvalue weighted by Gasteiger charge is 2.19. The van der Waals surface area contributed by atoms with E-state index in [2.05, 4.69) is 20.4 Å². The largest absolute Gasteiger partial charge is 0.396 e. The van der Waals surface area contributed by atoms with Crippen LogP contribution in [0.25, 0.3) is 0 Å². The van der Waals surface area contributed by atoms with Gasteiger partial charge in [0.2, 0.25) is 0 Å². The number of ketones is 1. The van der Waals surface area contributed by atoms with E-state index in [4.69, 9.17) is 5.73 Å². The van der Waals surface area contributed by atoms with Crippen LogP contribution in [0.1, 0.15) is 40.0 Å². The standard InChI is InChI=1S/C11H21NO/c1-5-8(3)7-10(6-2)11(13)9(4)12/h8,10H,4-7,12H2,1-3H3. The molecule has 2 atom stereocenters. The lowest BCUT2D eigenvalue weighted by Gasteiger charge is -2.17. The number of carbonyl (C=O) groups is 1. The number of nitrogens with two attached hydrogens (primary N) is 1. The summed E-state index contributed by atoms with van der Waals surface area (Å²) < 4.78 is 0. The van der Waals surface area contributed by atoms with Crippen LogP contribution < -0.4 is 5.73 Å². The summed E-state index contributed by atoms with van der Waals surface area (Å²) in [6.45, 7) is 9.81. The minimum Gasteiger partial charge on any atom is -0.396 e. The molecule has 76 valence electrons. The van der Waals surface area contributed by atoms with Gasteiger partial charge in [0, 0.05) is 5.92 Å². The van der Waals surface area contributed by atoms with Crippen molar-refractivity contribution in [1.29, 1.82) is 0 Å². The zero-order chi connectivity index (χ0) is 10.4. The average molecular weight is 183 g/mol. The highest BCUT2D eigenvalue weighted by atomic mass is 16.1. The lowest BCUT2D eigenvalue weighted by Crippen LogP contribution is -2.21. The van der Waals surface area contributed by atoms with Gasteiger partial charge in [0.05, 0.1) is 5.70 Å². The van der Waals surface area contributed by atoms with Crippen molar-refractivity contribution in [2.75, 3.05) is 0 Å². The van der Waals surface area contributed by atoms with Crippen molar-refractivity contribution in [3.8, 4) is 0 Å². The Bertz CT molecular complexity index is 187. The third-order valence-electron chi connectivity index (χ3n) is 2.56. The average Bonchev–Trinajstić information content (AvgIpc) is 2.12. The molecule has 0 fully saturated rings. The molecule has 0 aromatic carbocycles. The van der Waals surface area contributed by atoms with Gasteiger partial charge in [-0.1, -0.05) is 33.8 Å². The Morgan fingerprint density at radius 1 is 1.38 bits per heavy atom. The van der Waals surface area contributed by atoms with Crippen LogP contribution in [0.2, 0.25) is 0 Å². The molecule has 0 aliphatic rings. The fourth-order valence-corrected chi connectivity index (χ4v) is 1.37. The maximum absolute atomic E-state index is 11.5. The molecule has 0 spiro atoms. The topological polar surface area (TPSA) is 43.1 Å².